The van der Waals surface area contributed by atoms with E-state index in [0.29, 0.717) is 10.6 Å². The summed E-state index contributed by atoms with van der Waals surface area (Å²) in [4.78, 5) is 24.2. The third kappa shape index (κ3) is 2.37. The molecule has 0 saturated carbocycles. The SMILES string of the molecule is COC(=O)Oc1cnn2c(C(F)(F)F)cc(=O)[nH]c12. The highest BCUT2D eigenvalue weighted by molar-refractivity contribution is 5.67. The summed E-state index contributed by atoms with van der Waals surface area (Å²) in [6.45, 7) is 0. The normalized spacial score (nSPS) is 11.6. The summed E-state index contributed by atoms with van der Waals surface area (Å²) in [5, 5.41) is 3.41. The molecule has 0 unspecified atom stereocenters. The van der Waals surface area contributed by atoms with Crippen LogP contribution in [0.4, 0.5) is 18.0 Å². The van der Waals surface area contributed by atoms with Crippen LogP contribution in [0.2, 0.25) is 0 Å². The van der Waals surface area contributed by atoms with Gasteiger partial charge < -0.3 is 14.5 Å². The van der Waals surface area contributed by atoms with Crippen LogP contribution in [0, 0.1) is 0 Å². The van der Waals surface area contributed by atoms with E-state index in [1.807, 2.05) is 0 Å². The molecule has 0 spiro atoms. The highest BCUT2D eigenvalue weighted by Crippen LogP contribution is 2.29. The van der Waals surface area contributed by atoms with Gasteiger partial charge in [-0.15, -0.1) is 0 Å². The lowest BCUT2D eigenvalue weighted by molar-refractivity contribution is -0.142. The summed E-state index contributed by atoms with van der Waals surface area (Å²) in [6.07, 6.45) is -5.06. The summed E-state index contributed by atoms with van der Waals surface area (Å²) in [5.41, 5.74) is -2.69. The molecule has 102 valence electrons. The van der Waals surface area contributed by atoms with Gasteiger partial charge in [-0.3, -0.25) is 4.79 Å². The molecule has 19 heavy (non-hydrogen) atoms. The van der Waals surface area contributed by atoms with Gasteiger partial charge in [0, 0.05) is 6.07 Å². The number of carbonyl (C=O) groups excluding carboxylic acids is 1. The molecule has 0 amide bonds. The van der Waals surface area contributed by atoms with E-state index < -0.39 is 29.2 Å². The van der Waals surface area contributed by atoms with Crippen molar-refractivity contribution in [2.45, 2.75) is 6.18 Å². The fourth-order valence-electron chi connectivity index (χ4n) is 1.38. The molecule has 0 radical (unpaired) electrons. The number of alkyl halides is 3. The molecule has 2 aromatic rings. The van der Waals surface area contributed by atoms with Crippen LogP contribution >= 0.6 is 0 Å². The van der Waals surface area contributed by atoms with Crippen molar-refractivity contribution in [2.75, 3.05) is 7.11 Å². The molecular formula is C9H6F3N3O4. The highest BCUT2D eigenvalue weighted by Gasteiger charge is 2.35. The van der Waals surface area contributed by atoms with E-state index in [1.54, 1.807) is 0 Å². The Morgan fingerprint density at radius 1 is 1.47 bits per heavy atom. The molecule has 2 aromatic heterocycles. The molecule has 0 aliphatic heterocycles. The van der Waals surface area contributed by atoms with Crippen molar-refractivity contribution in [2.24, 2.45) is 0 Å². The maximum atomic E-state index is 12.7. The van der Waals surface area contributed by atoms with Crippen LogP contribution in [0.5, 0.6) is 5.75 Å². The van der Waals surface area contributed by atoms with Crippen molar-refractivity contribution < 1.29 is 27.4 Å². The summed E-state index contributed by atoms with van der Waals surface area (Å²) in [7, 11) is 1.03. The zero-order valence-corrected chi connectivity index (χ0v) is 9.32. The van der Waals surface area contributed by atoms with Gasteiger partial charge in [0.05, 0.1) is 13.3 Å². The second-order valence-corrected chi connectivity index (χ2v) is 3.34. The van der Waals surface area contributed by atoms with E-state index >= 15 is 0 Å². The topological polar surface area (TPSA) is 85.7 Å². The van der Waals surface area contributed by atoms with E-state index in [0.717, 1.165) is 13.3 Å². The van der Waals surface area contributed by atoms with Crippen molar-refractivity contribution in [1.82, 2.24) is 14.6 Å². The molecule has 0 aliphatic carbocycles. The number of rotatable bonds is 1. The van der Waals surface area contributed by atoms with Crippen molar-refractivity contribution in [3.8, 4) is 5.75 Å². The number of aromatic amines is 1. The minimum atomic E-state index is -4.78. The summed E-state index contributed by atoms with van der Waals surface area (Å²) < 4.78 is 47.2. The number of aromatic nitrogens is 3. The molecule has 2 rings (SSSR count). The smallest absolute Gasteiger partial charge is 0.437 e. The Kier molecular flexibility index (Phi) is 2.92. The van der Waals surface area contributed by atoms with Gasteiger partial charge in [-0.25, -0.2) is 9.31 Å². The molecule has 0 atom stereocenters. The number of nitrogens with one attached hydrogen (secondary N) is 1. The van der Waals surface area contributed by atoms with Gasteiger partial charge in [0.15, 0.2) is 17.1 Å². The molecule has 0 aromatic carbocycles. The number of fused-ring (bicyclic) bond motifs is 1. The van der Waals surface area contributed by atoms with E-state index in [4.69, 9.17) is 0 Å². The molecule has 10 heteroatoms. The molecule has 7 nitrogen and oxygen atoms in total. The lowest BCUT2D eigenvalue weighted by atomic mass is 10.4. The van der Waals surface area contributed by atoms with Crippen molar-refractivity contribution in [1.29, 1.82) is 0 Å². The van der Waals surface area contributed by atoms with E-state index in [2.05, 4.69) is 19.6 Å². The Hall–Kier alpha value is -2.52. The number of hydrogen-bond acceptors (Lipinski definition) is 5. The van der Waals surface area contributed by atoms with Crippen LogP contribution in [0.1, 0.15) is 5.69 Å². The van der Waals surface area contributed by atoms with Gasteiger partial charge >= 0.3 is 12.3 Å². The van der Waals surface area contributed by atoms with E-state index in [1.165, 1.54) is 0 Å². The average molecular weight is 277 g/mol. The number of carbonyl (C=O) groups is 1. The quantitative estimate of drug-likeness (QED) is 0.791. The first kappa shape index (κ1) is 12.9. The fourth-order valence-corrected chi connectivity index (χ4v) is 1.38. The second kappa shape index (κ2) is 4.30. The summed E-state index contributed by atoms with van der Waals surface area (Å²) in [5.74, 6) is -0.352. The van der Waals surface area contributed by atoms with Gasteiger partial charge in [-0.1, -0.05) is 0 Å². The Morgan fingerprint density at radius 3 is 2.74 bits per heavy atom. The molecule has 2 heterocycles. The number of nitrogens with zero attached hydrogens (tertiary/aromatic N) is 2. The first-order valence-corrected chi connectivity index (χ1v) is 4.77. The van der Waals surface area contributed by atoms with Crippen molar-refractivity contribution >= 4 is 11.8 Å². The third-order valence-corrected chi connectivity index (χ3v) is 2.12. The maximum Gasteiger partial charge on any atom is 0.513 e. The first-order chi connectivity index (χ1) is 8.82. The molecule has 0 fully saturated rings. The predicted octanol–water partition coefficient (Wildman–Crippen LogP) is 1.19. The minimum absolute atomic E-state index is 0.349. The number of H-pyrrole nitrogens is 1. The Labute approximate surface area is 102 Å². The lowest BCUT2D eigenvalue weighted by Crippen LogP contribution is -2.19. The Morgan fingerprint density at radius 2 is 2.16 bits per heavy atom. The van der Waals surface area contributed by atoms with Gasteiger partial charge in [-0.05, 0) is 0 Å². The van der Waals surface area contributed by atoms with Crippen molar-refractivity contribution in [3.63, 3.8) is 0 Å². The predicted molar refractivity (Wildman–Crippen MR) is 53.8 cm³/mol. The molecule has 0 aliphatic rings. The molecule has 0 saturated heterocycles. The zero-order valence-electron chi connectivity index (χ0n) is 9.32. The monoisotopic (exact) mass is 277 g/mol. The van der Waals surface area contributed by atoms with Crippen LogP contribution in [-0.2, 0) is 10.9 Å². The molecule has 0 bridgehead atoms. The maximum absolute atomic E-state index is 12.7. The fraction of sp³-hybridized carbons (Fsp3) is 0.222. The highest BCUT2D eigenvalue weighted by atomic mass is 19.4. The largest absolute Gasteiger partial charge is 0.513 e. The van der Waals surface area contributed by atoms with Crippen LogP contribution in [0.3, 0.4) is 0 Å². The number of halogens is 3. The minimum Gasteiger partial charge on any atom is -0.437 e. The van der Waals surface area contributed by atoms with E-state index in [-0.39, 0.29) is 5.75 Å². The second-order valence-electron chi connectivity index (χ2n) is 3.34. The lowest BCUT2D eigenvalue weighted by Gasteiger charge is -2.08. The number of hydrogen-bond donors (Lipinski definition) is 1. The summed E-state index contributed by atoms with van der Waals surface area (Å²) >= 11 is 0. The standard InChI is InChI=1S/C9H6F3N3O4/c1-18-8(17)19-4-3-13-15-5(9(10,11)12)2-6(16)14-7(4)15/h2-3H,1H3,(H,14,16). The van der Waals surface area contributed by atoms with Crippen LogP contribution in [-0.4, -0.2) is 27.9 Å². The summed E-state index contributed by atoms with van der Waals surface area (Å²) in [6, 6.07) is 0.349. The number of methoxy groups -OCH3 is 1. The Bertz CT molecular complexity index is 688. The van der Waals surface area contributed by atoms with Crippen LogP contribution in [0.25, 0.3) is 5.65 Å². The first-order valence-electron chi connectivity index (χ1n) is 4.77. The average Bonchev–Trinajstić information content (AvgIpc) is 2.70. The van der Waals surface area contributed by atoms with Crippen LogP contribution in [0.15, 0.2) is 17.1 Å². The number of ether oxygens (including phenoxy) is 2. The van der Waals surface area contributed by atoms with Gasteiger partial charge in [-0.2, -0.15) is 18.3 Å². The van der Waals surface area contributed by atoms with Gasteiger partial charge in [0.2, 0.25) is 0 Å². The van der Waals surface area contributed by atoms with Crippen LogP contribution < -0.4 is 10.3 Å². The Balaban J connectivity index is 2.64. The molecular weight excluding hydrogens is 271 g/mol. The van der Waals surface area contributed by atoms with Gasteiger partial charge in [0.25, 0.3) is 5.56 Å². The van der Waals surface area contributed by atoms with Crippen molar-refractivity contribution in [3.05, 3.63) is 28.3 Å². The van der Waals surface area contributed by atoms with E-state index in [9.17, 15) is 22.8 Å². The molecule has 1 N–H and O–H groups in total. The zero-order chi connectivity index (χ0) is 14.2. The van der Waals surface area contributed by atoms with Gasteiger partial charge in [0.1, 0.15) is 0 Å². The third-order valence-electron chi connectivity index (χ3n) is 2.12.